The Morgan fingerprint density at radius 1 is 1.19 bits per heavy atom. The van der Waals surface area contributed by atoms with Crippen molar-refractivity contribution in [3.8, 4) is 0 Å². The lowest BCUT2D eigenvalue weighted by atomic mass is 10.1. The number of methoxy groups -OCH3 is 1. The summed E-state index contributed by atoms with van der Waals surface area (Å²) in [6.07, 6.45) is -0.500. The van der Waals surface area contributed by atoms with Gasteiger partial charge in [-0.15, -0.1) is 0 Å². The first kappa shape index (κ1) is 20.9. The van der Waals surface area contributed by atoms with E-state index in [1.807, 2.05) is 25.1 Å². The van der Waals surface area contributed by atoms with Crippen molar-refractivity contribution >= 4 is 40.9 Å². The molecule has 144 valence electrons. The molecule has 0 aliphatic carbocycles. The number of anilines is 1. The Hall–Kier alpha value is -2.44. The van der Waals surface area contributed by atoms with E-state index in [4.69, 9.17) is 23.2 Å². The number of rotatable bonds is 5. The molecule has 0 saturated heterocycles. The van der Waals surface area contributed by atoms with Crippen LogP contribution < -0.4 is 16.0 Å². The fourth-order valence-corrected chi connectivity index (χ4v) is 2.96. The second kappa shape index (κ2) is 10.0. The summed E-state index contributed by atoms with van der Waals surface area (Å²) >= 11 is 12.2. The summed E-state index contributed by atoms with van der Waals surface area (Å²) in [6, 6.07) is 12.8. The number of benzene rings is 2. The van der Waals surface area contributed by atoms with Crippen LogP contribution in [-0.4, -0.2) is 26.2 Å². The van der Waals surface area contributed by atoms with Gasteiger partial charge in [-0.3, -0.25) is 10.3 Å². The van der Waals surface area contributed by atoms with Crippen molar-refractivity contribution in [2.24, 2.45) is 4.99 Å². The molecule has 27 heavy (non-hydrogen) atoms. The van der Waals surface area contributed by atoms with Crippen LogP contribution in [0.3, 0.4) is 0 Å². The van der Waals surface area contributed by atoms with Crippen LogP contribution in [0.5, 0.6) is 0 Å². The molecular weight excluding hydrogens is 387 g/mol. The molecule has 2 aromatic rings. The summed E-state index contributed by atoms with van der Waals surface area (Å²) in [7, 11) is 3.03. The average Bonchev–Trinajstić information content (AvgIpc) is 2.65. The maximum Gasteiger partial charge on any atom is 0.411 e. The van der Waals surface area contributed by atoms with Crippen LogP contribution in [0.1, 0.15) is 24.1 Å². The smallest absolute Gasteiger partial charge is 0.411 e. The minimum Gasteiger partial charge on any atom is -0.453 e. The third kappa shape index (κ3) is 6.34. The van der Waals surface area contributed by atoms with E-state index in [9.17, 15) is 4.79 Å². The minimum atomic E-state index is -0.500. The lowest BCUT2D eigenvalue weighted by Crippen LogP contribution is -2.38. The number of carbonyl (C=O) groups excluding carboxylic acids is 1. The van der Waals surface area contributed by atoms with E-state index in [1.165, 1.54) is 7.11 Å². The Morgan fingerprint density at radius 3 is 2.48 bits per heavy atom. The van der Waals surface area contributed by atoms with E-state index in [1.54, 1.807) is 31.3 Å². The molecule has 0 fully saturated rings. The molecule has 3 N–H and O–H groups in total. The van der Waals surface area contributed by atoms with Crippen molar-refractivity contribution in [2.45, 2.75) is 19.5 Å². The van der Waals surface area contributed by atoms with Crippen LogP contribution in [0.15, 0.2) is 47.5 Å². The topological polar surface area (TPSA) is 74.8 Å². The number of halogens is 2. The summed E-state index contributed by atoms with van der Waals surface area (Å²) in [6.45, 7) is 2.56. The molecule has 0 heterocycles. The monoisotopic (exact) mass is 408 g/mol. The Kier molecular flexibility index (Phi) is 7.76. The fourth-order valence-electron chi connectivity index (χ4n) is 2.39. The van der Waals surface area contributed by atoms with Gasteiger partial charge in [-0.2, -0.15) is 0 Å². The standard InChI is InChI=1S/C19H22Cl2N4O2/c1-12(16-9-6-14(20)10-17(16)21)24-18(22-2)23-11-13-4-7-15(8-5-13)25-19(26)27-3/h4-10,12H,11H2,1-3H3,(H,25,26)(H2,22,23,24). The summed E-state index contributed by atoms with van der Waals surface area (Å²) in [5.74, 6) is 0.644. The van der Waals surface area contributed by atoms with Crippen LogP contribution in [0.4, 0.5) is 10.5 Å². The Bertz CT molecular complexity index is 810. The van der Waals surface area contributed by atoms with Gasteiger partial charge in [0.2, 0.25) is 0 Å². The average molecular weight is 409 g/mol. The molecule has 0 saturated carbocycles. The molecule has 0 aliphatic heterocycles. The van der Waals surface area contributed by atoms with E-state index in [-0.39, 0.29) is 6.04 Å². The van der Waals surface area contributed by atoms with Crippen molar-refractivity contribution in [2.75, 3.05) is 19.5 Å². The highest BCUT2D eigenvalue weighted by molar-refractivity contribution is 6.35. The summed E-state index contributed by atoms with van der Waals surface area (Å²) < 4.78 is 4.56. The van der Waals surface area contributed by atoms with Gasteiger partial charge in [0.25, 0.3) is 0 Å². The van der Waals surface area contributed by atoms with Gasteiger partial charge < -0.3 is 15.4 Å². The van der Waals surface area contributed by atoms with Crippen LogP contribution in [0, 0.1) is 0 Å². The summed E-state index contributed by atoms with van der Waals surface area (Å²) in [5, 5.41) is 10.4. The van der Waals surface area contributed by atoms with Crippen LogP contribution in [-0.2, 0) is 11.3 Å². The highest BCUT2D eigenvalue weighted by Gasteiger charge is 2.12. The van der Waals surface area contributed by atoms with Crippen molar-refractivity contribution in [3.05, 3.63) is 63.6 Å². The SMILES string of the molecule is CN=C(NCc1ccc(NC(=O)OC)cc1)NC(C)c1ccc(Cl)cc1Cl. The maximum atomic E-state index is 11.2. The van der Waals surface area contributed by atoms with Crippen molar-refractivity contribution < 1.29 is 9.53 Å². The Labute approximate surface area is 168 Å². The van der Waals surface area contributed by atoms with Crippen molar-refractivity contribution in [3.63, 3.8) is 0 Å². The van der Waals surface area contributed by atoms with Crippen molar-refractivity contribution in [1.29, 1.82) is 0 Å². The van der Waals surface area contributed by atoms with Gasteiger partial charge >= 0.3 is 6.09 Å². The first-order valence-electron chi connectivity index (χ1n) is 8.29. The van der Waals surface area contributed by atoms with E-state index >= 15 is 0 Å². The van der Waals surface area contributed by atoms with Crippen LogP contribution >= 0.6 is 23.2 Å². The predicted octanol–water partition coefficient (Wildman–Crippen LogP) is 4.60. The molecule has 0 aliphatic rings. The third-order valence-corrected chi connectivity index (χ3v) is 4.41. The van der Waals surface area contributed by atoms with E-state index < -0.39 is 6.09 Å². The Morgan fingerprint density at radius 2 is 1.89 bits per heavy atom. The van der Waals surface area contributed by atoms with Gasteiger partial charge in [0.05, 0.1) is 13.2 Å². The number of nitrogens with one attached hydrogen (secondary N) is 3. The molecule has 6 nitrogen and oxygen atoms in total. The molecule has 1 amide bonds. The second-order valence-corrected chi connectivity index (χ2v) is 6.61. The molecule has 2 aromatic carbocycles. The number of guanidine groups is 1. The maximum absolute atomic E-state index is 11.2. The van der Waals surface area contributed by atoms with Gasteiger partial charge in [-0.1, -0.05) is 41.4 Å². The zero-order valence-corrected chi connectivity index (χ0v) is 16.9. The number of hydrogen-bond acceptors (Lipinski definition) is 3. The van der Waals surface area contributed by atoms with E-state index in [2.05, 4.69) is 25.7 Å². The van der Waals surface area contributed by atoms with Crippen molar-refractivity contribution in [1.82, 2.24) is 10.6 Å². The van der Waals surface area contributed by atoms with Gasteiger partial charge in [0, 0.05) is 29.3 Å². The minimum absolute atomic E-state index is 0.0485. The largest absolute Gasteiger partial charge is 0.453 e. The Balaban J connectivity index is 1.92. The molecule has 1 atom stereocenters. The highest BCUT2D eigenvalue weighted by atomic mass is 35.5. The van der Waals surface area contributed by atoms with Crippen LogP contribution in [0.25, 0.3) is 0 Å². The number of nitrogens with zero attached hydrogens (tertiary/aromatic N) is 1. The fraction of sp³-hybridized carbons (Fsp3) is 0.263. The molecule has 2 rings (SSSR count). The quantitative estimate of drug-likeness (QED) is 0.499. The summed E-state index contributed by atoms with van der Waals surface area (Å²) in [4.78, 5) is 15.4. The zero-order valence-electron chi connectivity index (χ0n) is 15.3. The first-order valence-corrected chi connectivity index (χ1v) is 9.04. The molecule has 8 heteroatoms. The number of carbonyl (C=O) groups is 1. The number of amides is 1. The van der Waals surface area contributed by atoms with Gasteiger partial charge in [0.1, 0.15) is 0 Å². The number of ether oxygens (including phenoxy) is 1. The van der Waals surface area contributed by atoms with Gasteiger partial charge in [-0.05, 0) is 42.3 Å². The molecule has 0 bridgehead atoms. The normalized spacial score (nSPS) is 12.3. The number of hydrogen-bond donors (Lipinski definition) is 3. The number of aliphatic imine (C=N–C) groups is 1. The molecule has 1 unspecified atom stereocenters. The second-order valence-electron chi connectivity index (χ2n) is 5.77. The molecule has 0 aromatic heterocycles. The molecule has 0 radical (unpaired) electrons. The lowest BCUT2D eigenvalue weighted by Gasteiger charge is -2.19. The van der Waals surface area contributed by atoms with E-state index in [0.29, 0.717) is 28.2 Å². The zero-order chi connectivity index (χ0) is 19.8. The molecular formula is C19H22Cl2N4O2. The highest BCUT2D eigenvalue weighted by Crippen LogP contribution is 2.26. The van der Waals surface area contributed by atoms with Gasteiger partial charge in [0.15, 0.2) is 5.96 Å². The first-order chi connectivity index (χ1) is 12.9. The third-order valence-electron chi connectivity index (χ3n) is 3.85. The van der Waals surface area contributed by atoms with Crippen LogP contribution in [0.2, 0.25) is 10.0 Å². The molecule has 0 spiro atoms. The van der Waals surface area contributed by atoms with E-state index in [0.717, 1.165) is 11.1 Å². The predicted molar refractivity (Wildman–Crippen MR) is 111 cm³/mol. The van der Waals surface area contributed by atoms with Gasteiger partial charge in [-0.25, -0.2) is 4.79 Å². The summed E-state index contributed by atoms with van der Waals surface area (Å²) in [5.41, 5.74) is 2.63. The lowest BCUT2D eigenvalue weighted by molar-refractivity contribution is 0.187.